The first-order valence-corrected chi connectivity index (χ1v) is 4.30. The molecule has 1 aromatic heterocycles. The largest absolute Gasteiger partial charge is 0.267 e. The van der Waals surface area contributed by atoms with Crippen molar-refractivity contribution in [2.24, 2.45) is 9.98 Å². The zero-order chi connectivity index (χ0) is 9.26. The van der Waals surface area contributed by atoms with E-state index in [1.54, 1.807) is 12.4 Å². The highest BCUT2D eigenvalue weighted by molar-refractivity contribution is 5.90. The summed E-state index contributed by atoms with van der Waals surface area (Å²) < 4.78 is 0. The van der Waals surface area contributed by atoms with E-state index in [1.165, 1.54) is 0 Å². The Morgan fingerprint density at radius 1 is 1.38 bits per heavy atom. The Morgan fingerprint density at radius 3 is 3.08 bits per heavy atom. The van der Waals surface area contributed by atoms with E-state index in [9.17, 15) is 0 Å². The van der Waals surface area contributed by atoms with E-state index < -0.39 is 0 Å². The molecule has 1 aliphatic heterocycles. The summed E-state index contributed by atoms with van der Waals surface area (Å²) in [5.41, 5.74) is 1.01. The monoisotopic (exact) mass is 173 g/mol. The molecule has 1 unspecified atom stereocenters. The summed E-state index contributed by atoms with van der Waals surface area (Å²) in [6, 6.07) is 2.02. The van der Waals surface area contributed by atoms with Gasteiger partial charge >= 0.3 is 0 Å². The van der Waals surface area contributed by atoms with Gasteiger partial charge in [-0.2, -0.15) is 0 Å². The van der Waals surface area contributed by atoms with Crippen LogP contribution in [-0.4, -0.2) is 17.4 Å². The van der Waals surface area contributed by atoms with Crippen molar-refractivity contribution in [1.29, 1.82) is 0 Å². The summed E-state index contributed by atoms with van der Waals surface area (Å²) in [5, 5.41) is 2.02. The maximum absolute atomic E-state index is 4.39. The van der Waals surface area contributed by atoms with Crippen molar-refractivity contribution in [2.45, 2.75) is 20.0 Å². The Balaban J connectivity index is 2.75. The van der Waals surface area contributed by atoms with Gasteiger partial charge in [0.15, 0.2) is 0 Å². The van der Waals surface area contributed by atoms with E-state index in [2.05, 4.69) is 15.0 Å². The molecule has 0 spiro atoms. The van der Waals surface area contributed by atoms with Gasteiger partial charge in [0.2, 0.25) is 0 Å². The van der Waals surface area contributed by atoms with Crippen LogP contribution in [0.5, 0.6) is 0 Å². The second-order valence-electron chi connectivity index (χ2n) is 3.11. The van der Waals surface area contributed by atoms with Gasteiger partial charge in [0, 0.05) is 17.1 Å². The number of aromatic nitrogens is 1. The SMILES string of the molecule is Cc1cc2c(cn1)=NC(C)N=CC=2. The first kappa shape index (κ1) is 8.10. The van der Waals surface area contributed by atoms with Gasteiger partial charge < -0.3 is 0 Å². The molecule has 3 nitrogen and oxygen atoms in total. The number of aryl methyl sites for hydroxylation is 1. The lowest BCUT2D eigenvalue weighted by Gasteiger charge is -1.95. The van der Waals surface area contributed by atoms with Gasteiger partial charge in [-0.1, -0.05) is 0 Å². The van der Waals surface area contributed by atoms with Gasteiger partial charge in [0.25, 0.3) is 0 Å². The molecule has 0 bridgehead atoms. The summed E-state index contributed by atoms with van der Waals surface area (Å²) in [6.07, 6.45) is 5.57. The Labute approximate surface area is 76.6 Å². The third-order valence-electron chi connectivity index (χ3n) is 1.93. The Morgan fingerprint density at radius 2 is 2.23 bits per heavy atom. The number of pyridine rings is 1. The average molecular weight is 173 g/mol. The highest BCUT2D eigenvalue weighted by Gasteiger charge is 1.97. The molecule has 0 radical (unpaired) electrons. The van der Waals surface area contributed by atoms with Crippen molar-refractivity contribution in [3.05, 3.63) is 28.5 Å². The summed E-state index contributed by atoms with van der Waals surface area (Å²) in [7, 11) is 0. The third kappa shape index (κ3) is 1.64. The van der Waals surface area contributed by atoms with Crippen LogP contribution in [0, 0.1) is 6.92 Å². The summed E-state index contributed by atoms with van der Waals surface area (Å²) in [5.74, 6) is 0. The molecular weight excluding hydrogens is 162 g/mol. The summed E-state index contributed by atoms with van der Waals surface area (Å²) >= 11 is 0. The topological polar surface area (TPSA) is 37.6 Å². The van der Waals surface area contributed by atoms with Gasteiger partial charge in [-0.3, -0.25) is 15.0 Å². The molecule has 0 fully saturated rings. The molecule has 1 atom stereocenters. The van der Waals surface area contributed by atoms with Gasteiger partial charge in [-0.05, 0) is 26.0 Å². The molecule has 1 aliphatic rings. The van der Waals surface area contributed by atoms with Crippen LogP contribution in [0.25, 0.3) is 6.08 Å². The van der Waals surface area contributed by atoms with Gasteiger partial charge in [-0.25, -0.2) is 0 Å². The van der Waals surface area contributed by atoms with Gasteiger partial charge in [0.05, 0.1) is 11.6 Å². The lowest BCUT2D eigenvalue weighted by atomic mass is 10.3. The predicted octanol–water partition coefficient (Wildman–Crippen LogP) is 0.221. The lowest BCUT2D eigenvalue weighted by molar-refractivity contribution is 0.771. The van der Waals surface area contributed by atoms with Crippen molar-refractivity contribution in [1.82, 2.24) is 4.98 Å². The van der Waals surface area contributed by atoms with Gasteiger partial charge in [-0.15, -0.1) is 0 Å². The van der Waals surface area contributed by atoms with Crippen LogP contribution in [0.2, 0.25) is 0 Å². The second kappa shape index (κ2) is 3.09. The van der Waals surface area contributed by atoms with Crippen molar-refractivity contribution in [3.63, 3.8) is 0 Å². The van der Waals surface area contributed by atoms with Crippen LogP contribution in [0.1, 0.15) is 12.6 Å². The Bertz CT molecular complexity index is 460. The second-order valence-corrected chi connectivity index (χ2v) is 3.11. The maximum atomic E-state index is 4.39. The molecule has 2 heterocycles. The number of hydrogen-bond acceptors (Lipinski definition) is 3. The van der Waals surface area contributed by atoms with Crippen LogP contribution < -0.4 is 10.6 Å². The Kier molecular flexibility index (Phi) is 1.93. The number of rotatable bonds is 0. The van der Waals surface area contributed by atoms with E-state index in [4.69, 9.17) is 0 Å². The third-order valence-corrected chi connectivity index (χ3v) is 1.93. The fourth-order valence-corrected chi connectivity index (χ4v) is 1.30. The smallest absolute Gasteiger partial charge is 0.137 e. The standard InChI is InChI=1S/C10H11N3/c1-7-5-9-3-4-11-8(2)13-10(9)6-12-7/h3-6,8H,1-2H3. The fraction of sp³-hybridized carbons (Fsp3) is 0.300. The molecule has 0 saturated carbocycles. The minimum atomic E-state index is 0.00186. The number of nitrogens with zero attached hydrogens (tertiary/aromatic N) is 3. The molecule has 3 heteroatoms. The lowest BCUT2D eigenvalue weighted by Crippen LogP contribution is -2.26. The molecule has 0 aliphatic carbocycles. The van der Waals surface area contributed by atoms with Crippen molar-refractivity contribution < 1.29 is 0 Å². The minimum Gasteiger partial charge on any atom is -0.267 e. The van der Waals surface area contributed by atoms with Crippen molar-refractivity contribution >= 4 is 12.3 Å². The first-order chi connectivity index (χ1) is 6.25. The zero-order valence-electron chi connectivity index (χ0n) is 7.73. The van der Waals surface area contributed by atoms with Crippen LogP contribution >= 0.6 is 0 Å². The maximum Gasteiger partial charge on any atom is 0.137 e. The van der Waals surface area contributed by atoms with E-state index >= 15 is 0 Å². The minimum absolute atomic E-state index is 0.00186. The van der Waals surface area contributed by atoms with Crippen LogP contribution in [0.4, 0.5) is 0 Å². The Hall–Kier alpha value is -1.51. The number of hydrogen-bond donors (Lipinski definition) is 0. The van der Waals surface area contributed by atoms with E-state index in [1.807, 2.05) is 26.0 Å². The van der Waals surface area contributed by atoms with E-state index in [0.717, 1.165) is 16.3 Å². The van der Waals surface area contributed by atoms with Crippen LogP contribution in [0.3, 0.4) is 0 Å². The van der Waals surface area contributed by atoms with Crippen molar-refractivity contribution in [3.8, 4) is 0 Å². The van der Waals surface area contributed by atoms with E-state index in [-0.39, 0.29) is 6.17 Å². The molecule has 1 aromatic rings. The van der Waals surface area contributed by atoms with Crippen molar-refractivity contribution in [2.75, 3.05) is 0 Å². The first-order valence-electron chi connectivity index (χ1n) is 4.30. The average Bonchev–Trinajstić information content (AvgIpc) is 2.25. The molecular formula is C10H11N3. The number of aliphatic imine (C=N–C) groups is 1. The molecule has 0 N–H and O–H groups in total. The zero-order valence-corrected chi connectivity index (χ0v) is 7.73. The highest BCUT2D eigenvalue weighted by Crippen LogP contribution is 1.90. The molecule has 2 rings (SSSR count). The predicted molar refractivity (Wildman–Crippen MR) is 52.2 cm³/mol. The molecule has 13 heavy (non-hydrogen) atoms. The van der Waals surface area contributed by atoms with Gasteiger partial charge in [0.1, 0.15) is 6.17 Å². The van der Waals surface area contributed by atoms with Crippen LogP contribution in [-0.2, 0) is 0 Å². The number of fused-ring (bicyclic) bond motifs is 1. The van der Waals surface area contributed by atoms with Crippen LogP contribution in [0.15, 0.2) is 22.2 Å². The quantitative estimate of drug-likeness (QED) is 0.553. The molecule has 66 valence electrons. The van der Waals surface area contributed by atoms with E-state index in [0.29, 0.717) is 0 Å². The summed E-state index contributed by atoms with van der Waals surface area (Å²) in [4.78, 5) is 12.8. The fourth-order valence-electron chi connectivity index (χ4n) is 1.30. The summed E-state index contributed by atoms with van der Waals surface area (Å²) in [6.45, 7) is 3.93. The molecule has 0 saturated heterocycles. The molecule has 0 amide bonds. The normalized spacial score (nSPS) is 19.7. The molecule has 0 aromatic carbocycles. The highest BCUT2D eigenvalue weighted by atomic mass is 15.0.